The fourth-order valence-corrected chi connectivity index (χ4v) is 2.05. The number of hydrogen-bond acceptors (Lipinski definition) is 6. The maximum atomic E-state index is 9.54. The van der Waals surface area contributed by atoms with Gasteiger partial charge in [-0.05, 0) is 0 Å². The normalized spacial score (nSPS) is 24.0. The van der Waals surface area contributed by atoms with E-state index >= 15 is 0 Å². The Morgan fingerprint density at radius 1 is 1.33 bits per heavy atom. The van der Waals surface area contributed by atoms with E-state index in [0.717, 1.165) is 0 Å². The van der Waals surface area contributed by atoms with Gasteiger partial charge in [-0.2, -0.15) is 0 Å². The molecule has 2 unspecified atom stereocenters. The molecule has 0 aromatic carbocycles. The van der Waals surface area contributed by atoms with E-state index < -0.39 is 12.2 Å². The van der Waals surface area contributed by atoms with Crippen molar-refractivity contribution in [3.63, 3.8) is 0 Å². The maximum Gasteiger partial charge on any atom is 0.131 e. The van der Waals surface area contributed by atoms with Crippen molar-refractivity contribution in [2.75, 3.05) is 18.0 Å². The third-order valence-corrected chi connectivity index (χ3v) is 3.13. The summed E-state index contributed by atoms with van der Waals surface area (Å²) in [7, 11) is 0. The van der Waals surface area contributed by atoms with E-state index in [2.05, 4.69) is 9.97 Å². The third kappa shape index (κ3) is 2.45. The molecule has 1 fully saturated rings. The van der Waals surface area contributed by atoms with Gasteiger partial charge in [0, 0.05) is 19.0 Å². The van der Waals surface area contributed by atoms with Crippen LogP contribution in [0.3, 0.4) is 0 Å². The molecule has 6 heteroatoms. The van der Waals surface area contributed by atoms with Crippen LogP contribution >= 0.6 is 0 Å². The zero-order chi connectivity index (χ0) is 13.3. The molecule has 1 aromatic heterocycles. The Bertz CT molecular complexity index is 415. The molecule has 2 atom stereocenters. The molecule has 1 aliphatic rings. The summed E-state index contributed by atoms with van der Waals surface area (Å²) in [5.74, 6) is 0.877. The van der Waals surface area contributed by atoms with Crippen molar-refractivity contribution in [3.8, 4) is 0 Å². The van der Waals surface area contributed by atoms with Crippen LogP contribution in [0, 0.1) is 0 Å². The topological polar surface area (TPSA) is 89.7 Å². The smallest absolute Gasteiger partial charge is 0.131 e. The summed E-state index contributed by atoms with van der Waals surface area (Å²) in [6, 6.07) is 0. The van der Waals surface area contributed by atoms with E-state index in [-0.39, 0.29) is 12.5 Å². The molecule has 6 nitrogen and oxygen atoms in total. The summed E-state index contributed by atoms with van der Waals surface area (Å²) in [6.45, 7) is 4.45. The molecule has 0 aliphatic carbocycles. The maximum absolute atomic E-state index is 9.54. The zero-order valence-corrected chi connectivity index (χ0v) is 10.6. The molecule has 0 radical (unpaired) electrons. The SMILES string of the molecule is CC(C)c1ncc(N2CC(O)C(O)C2)c(CO)n1. The number of anilines is 1. The highest BCUT2D eigenvalue weighted by molar-refractivity contribution is 5.50. The summed E-state index contributed by atoms with van der Waals surface area (Å²) >= 11 is 0. The van der Waals surface area contributed by atoms with Crippen molar-refractivity contribution in [3.05, 3.63) is 17.7 Å². The lowest BCUT2D eigenvalue weighted by Crippen LogP contribution is -2.23. The molecule has 0 saturated carbocycles. The predicted octanol–water partition coefficient (Wildman–Crippen LogP) is -0.366. The molecule has 2 heterocycles. The van der Waals surface area contributed by atoms with Gasteiger partial charge in [-0.1, -0.05) is 13.8 Å². The Labute approximate surface area is 106 Å². The number of nitrogens with zero attached hydrogens (tertiary/aromatic N) is 3. The van der Waals surface area contributed by atoms with E-state index in [1.807, 2.05) is 13.8 Å². The second-order valence-corrected chi connectivity index (χ2v) is 4.91. The summed E-state index contributed by atoms with van der Waals surface area (Å²) in [6.07, 6.45) is 0.126. The van der Waals surface area contributed by atoms with Gasteiger partial charge >= 0.3 is 0 Å². The lowest BCUT2D eigenvalue weighted by atomic mass is 10.2. The summed E-state index contributed by atoms with van der Waals surface area (Å²) in [4.78, 5) is 10.4. The fourth-order valence-electron chi connectivity index (χ4n) is 2.05. The van der Waals surface area contributed by atoms with Gasteiger partial charge in [0.05, 0.1) is 36.4 Å². The second-order valence-electron chi connectivity index (χ2n) is 4.91. The highest BCUT2D eigenvalue weighted by Gasteiger charge is 2.31. The molecule has 3 N–H and O–H groups in total. The van der Waals surface area contributed by atoms with Gasteiger partial charge in [0.15, 0.2) is 0 Å². The quantitative estimate of drug-likeness (QED) is 0.681. The number of aliphatic hydroxyl groups is 3. The van der Waals surface area contributed by atoms with Crippen LogP contribution in [0.1, 0.15) is 31.3 Å². The Morgan fingerprint density at radius 2 is 1.94 bits per heavy atom. The summed E-state index contributed by atoms with van der Waals surface area (Å²) in [5, 5.41) is 28.5. The minimum Gasteiger partial charge on any atom is -0.390 e. The molecular weight excluding hydrogens is 234 g/mol. The largest absolute Gasteiger partial charge is 0.390 e. The van der Waals surface area contributed by atoms with Gasteiger partial charge in [0.25, 0.3) is 0 Å². The van der Waals surface area contributed by atoms with E-state index in [1.54, 1.807) is 11.1 Å². The first kappa shape index (κ1) is 13.2. The number of hydrogen-bond donors (Lipinski definition) is 3. The third-order valence-electron chi connectivity index (χ3n) is 3.13. The molecule has 0 amide bonds. The molecule has 0 spiro atoms. The van der Waals surface area contributed by atoms with Crippen molar-refractivity contribution < 1.29 is 15.3 Å². The Kier molecular flexibility index (Phi) is 3.79. The Hall–Kier alpha value is -1.24. The molecular formula is C12H19N3O3. The van der Waals surface area contributed by atoms with Crippen LogP contribution in [0.4, 0.5) is 5.69 Å². The van der Waals surface area contributed by atoms with Crippen LogP contribution in [0.2, 0.25) is 0 Å². The zero-order valence-electron chi connectivity index (χ0n) is 10.6. The first-order valence-electron chi connectivity index (χ1n) is 6.10. The highest BCUT2D eigenvalue weighted by Crippen LogP contribution is 2.24. The molecule has 2 rings (SSSR count). The van der Waals surface area contributed by atoms with Gasteiger partial charge in [0.2, 0.25) is 0 Å². The lowest BCUT2D eigenvalue weighted by Gasteiger charge is -2.20. The number of aromatic nitrogens is 2. The molecule has 1 aliphatic heterocycles. The summed E-state index contributed by atoms with van der Waals surface area (Å²) < 4.78 is 0. The average Bonchev–Trinajstić information content (AvgIpc) is 2.68. The summed E-state index contributed by atoms with van der Waals surface area (Å²) in [5.41, 5.74) is 1.22. The van der Waals surface area contributed by atoms with Crippen molar-refractivity contribution >= 4 is 5.69 Å². The average molecular weight is 253 g/mol. The standard InChI is InChI=1S/C12H19N3O3/c1-7(2)12-13-3-9(8(6-16)14-12)15-4-10(17)11(18)5-15/h3,7,10-11,16-18H,4-6H2,1-2H3. The van der Waals surface area contributed by atoms with Crippen LogP contribution in [0.25, 0.3) is 0 Å². The van der Waals surface area contributed by atoms with Crippen LogP contribution in [0.15, 0.2) is 6.20 Å². The minimum atomic E-state index is -0.763. The highest BCUT2D eigenvalue weighted by atomic mass is 16.3. The van der Waals surface area contributed by atoms with Crippen LogP contribution in [-0.2, 0) is 6.61 Å². The van der Waals surface area contributed by atoms with Gasteiger partial charge in [-0.15, -0.1) is 0 Å². The molecule has 18 heavy (non-hydrogen) atoms. The van der Waals surface area contributed by atoms with E-state index in [9.17, 15) is 15.3 Å². The first-order valence-corrected chi connectivity index (χ1v) is 6.10. The van der Waals surface area contributed by atoms with Crippen LogP contribution in [-0.4, -0.2) is 50.6 Å². The van der Waals surface area contributed by atoms with Crippen molar-refractivity contribution in [2.24, 2.45) is 0 Å². The minimum absolute atomic E-state index is 0.180. The number of aliphatic hydroxyl groups excluding tert-OH is 3. The van der Waals surface area contributed by atoms with Gasteiger partial charge in [0.1, 0.15) is 5.82 Å². The Balaban J connectivity index is 2.28. The van der Waals surface area contributed by atoms with E-state index in [0.29, 0.717) is 30.3 Å². The van der Waals surface area contributed by atoms with Crippen LogP contribution in [0.5, 0.6) is 0 Å². The fraction of sp³-hybridized carbons (Fsp3) is 0.667. The molecule has 1 aromatic rings. The van der Waals surface area contributed by atoms with Gasteiger partial charge < -0.3 is 20.2 Å². The predicted molar refractivity (Wildman–Crippen MR) is 66.3 cm³/mol. The van der Waals surface area contributed by atoms with Crippen LogP contribution < -0.4 is 4.90 Å². The van der Waals surface area contributed by atoms with Gasteiger partial charge in [-0.3, -0.25) is 0 Å². The Morgan fingerprint density at radius 3 is 2.44 bits per heavy atom. The monoisotopic (exact) mass is 253 g/mol. The van der Waals surface area contributed by atoms with Gasteiger partial charge in [-0.25, -0.2) is 9.97 Å². The van der Waals surface area contributed by atoms with E-state index in [1.165, 1.54) is 0 Å². The molecule has 100 valence electrons. The van der Waals surface area contributed by atoms with Crippen molar-refractivity contribution in [2.45, 2.75) is 38.6 Å². The van der Waals surface area contributed by atoms with E-state index in [4.69, 9.17) is 0 Å². The molecule has 0 bridgehead atoms. The van der Waals surface area contributed by atoms with Crippen molar-refractivity contribution in [1.82, 2.24) is 9.97 Å². The number of rotatable bonds is 3. The molecule has 1 saturated heterocycles. The van der Waals surface area contributed by atoms with Crippen molar-refractivity contribution in [1.29, 1.82) is 0 Å². The lowest BCUT2D eigenvalue weighted by molar-refractivity contribution is 0.0572. The number of β-amino-alcohol motifs (C(OH)–C–C–N with tert-alkyl or cyclic N) is 2. The first-order chi connectivity index (χ1) is 8.52. The second kappa shape index (κ2) is 5.17.